The fourth-order valence-corrected chi connectivity index (χ4v) is 1.41. The maximum absolute atomic E-state index is 11.5. The molecule has 1 atom stereocenters. The lowest BCUT2D eigenvalue weighted by molar-refractivity contribution is -0.143. The second kappa shape index (κ2) is 6.03. The maximum Gasteiger partial charge on any atom is 0.326 e. The number of carbonyl (C=O) groups is 2. The monoisotopic (exact) mass is 239 g/mol. The first-order valence-corrected chi connectivity index (χ1v) is 5.48. The predicted octanol–water partition coefficient (Wildman–Crippen LogP) is 0.499. The number of hydrogen-bond acceptors (Lipinski definition) is 3. The number of amides is 1. The first-order valence-electron chi connectivity index (χ1n) is 5.48. The van der Waals surface area contributed by atoms with Gasteiger partial charge >= 0.3 is 5.97 Å². The Labute approximate surface area is 99.7 Å². The molecule has 1 amide bonds. The summed E-state index contributed by atoms with van der Waals surface area (Å²) >= 11 is 0. The van der Waals surface area contributed by atoms with Gasteiger partial charge in [-0.3, -0.25) is 4.79 Å². The Hall–Kier alpha value is -1.85. The number of rotatable bonds is 6. The summed E-state index contributed by atoms with van der Waals surface area (Å²) in [6.45, 7) is 4.01. The fourth-order valence-electron chi connectivity index (χ4n) is 1.41. The third-order valence-corrected chi connectivity index (χ3v) is 2.41. The lowest BCUT2D eigenvalue weighted by atomic mass is 10.0. The van der Waals surface area contributed by atoms with Gasteiger partial charge in [0.05, 0.1) is 6.33 Å². The first-order chi connectivity index (χ1) is 8.00. The second-order valence-corrected chi connectivity index (χ2v) is 4.18. The van der Waals surface area contributed by atoms with Crippen molar-refractivity contribution in [2.45, 2.75) is 32.9 Å². The van der Waals surface area contributed by atoms with Gasteiger partial charge in [0.2, 0.25) is 5.91 Å². The Morgan fingerprint density at radius 2 is 2.18 bits per heavy atom. The lowest BCUT2D eigenvalue weighted by Gasteiger charge is -2.17. The lowest BCUT2D eigenvalue weighted by Crippen LogP contribution is -2.44. The third kappa shape index (κ3) is 4.26. The molecular weight excluding hydrogens is 222 g/mol. The van der Waals surface area contributed by atoms with Gasteiger partial charge in [-0.05, 0) is 5.92 Å². The molecule has 0 bridgehead atoms. The van der Waals surface area contributed by atoms with Gasteiger partial charge in [0.25, 0.3) is 0 Å². The summed E-state index contributed by atoms with van der Waals surface area (Å²) in [5.41, 5.74) is 0. The Morgan fingerprint density at radius 1 is 1.47 bits per heavy atom. The molecule has 94 valence electrons. The van der Waals surface area contributed by atoms with Gasteiger partial charge in [0.1, 0.15) is 6.04 Å². The zero-order valence-electron chi connectivity index (χ0n) is 9.96. The van der Waals surface area contributed by atoms with Crippen molar-refractivity contribution in [3.63, 3.8) is 0 Å². The molecule has 1 aromatic rings. The van der Waals surface area contributed by atoms with Crippen molar-refractivity contribution in [3.05, 3.63) is 18.7 Å². The van der Waals surface area contributed by atoms with Crippen LogP contribution >= 0.6 is 0 Å². The van der Waals surface area contributed by atoms with E-state index in [0.29, 0.717) is 6.54 Å². The topological polar surface area (TPSA) is 84.2 Å². The normalized spacial score (nSPS) is 12.4. The number of nitrogens with zero attached hydrogens (tertiary/aromatic N) is 2. The molecule has 1 aromatic heterocycles. The van der Waals surface area contributed by atoms with Crippen LogP contribution in [0.15, 0.2) is 18.7 Å². The second-order valence-electron chi connectivity index (χ2n) is 4.18. The van der Waals surface area contributed by atoms with Gasteiger partial charge in [-0.2, -0.15) is 0 Å². The van der Waals surface area contributed by atoms with Crippen LogP contribution in [0.2, 0.25) is 0 Å². The van der Waals surface area contributed by atoms with Crippen LogP contribution in [0.5, 0.6) is 0 Å². The number of nitrogens with one attached hydrogen (secondary N) is 1. The quantitative estimate of drug-likeness (QED) is 0.757. The van der Waals surface area contributed by atoms with E-state index in [0.717, 1.165) is 0 Å². The number of aliphatic carboxylic acids is 1. The molecule has 6 nitrogen and oxygen atoms in total. The largest absolute Gasteiger partial charge is 0.480 e. The number of carboxylic acids is 1. The maximum atomic E-state index is 11.5. The van der Waals surface area contributed by atoms with Crippen LogP contribution in [0.1, 0.15) is 20.3 Å². The molecule has 2 N–H and O–H groups in total. The minimum atomic E-state index is -1.00. The molecule has 1 rings (SSSR count). The van der Waals surface area contributed by atoms with E-state index < -0.39 is 12.0 Å². The van der Waals surface area contributed by atoms with Crippen LogP contribution in [-0.2, 0) is 16.1 Å². The van der Waals surface area contributed by atoms with Crippen molar-refractivity contribution in [3.8, 4) is 0 Å². The van der Waals surface area contributed by atoms with E-state index in [1.165, 1.54) is 0 Å². The Bertz CT molecular complexity index is 373. The molecule has 0 radical (unpaired) electrons. The molecule has 1 heterocycles. The van der Waals surface area contributed by atoms with Crippen molar-refractivity contribution in [2.24, 2.45) is 5.92 Å². The van der Waals surface area contributed by atoms with Crippen LogP contribution in [-0.4, -0.2) is 32.6 Å². The minimum absolute atomic E-state index is 0.135. The molecule has 0 aliphatic carbocycles. The predicted molar refractivity (Wildman–Crippen MR) is 61.2 cm³/mol. The van der Waals surface area contributed by atoms with E-state index in [4.69, 9.17) is 5.11 Å². The Morgan fingerprint density at radius 3 is 2.65 bits per heavy atom. The highest BCUT2D eigenvalue weighted by Crippen LogP contribution is 2.02. The minimum Gasteiger partial charge on any atom is -0.480 e. The number of carbonyl (C=O) groups excluding carboxylic acids is 1. The van der Waals surface area contributed by atoms with Gasteiger partial charge in [-0.15, -0.1) is 0 Å². The van der Waals surface area contributed by atoms with E-state index in [-0.39, 0.29) is 18.2 Å². The summed E-state index contributed by atoms with van der Waals surface area (Å²) in [5.74, 6) is -1.40. The van der Waals surface area contributed by atoms with E-state index in [2.05, 4.69) is 10.3 Å². The van der Waals surface area contributed by atoms with Crippen molar-refractivity contribution < 1.29 is 14.7 Å². The van der Waals surface area contributed by atoms with Crippen LogP contribution in [0.4, 0.5) is 0 Å². The van der Waals surface area contributed by atoms with Gasteiger partial charge in [0, 0.05) is 25.4 Å². The van der Waals surface area contributed by atoms with Crippen LogP contribution in [0.3, 0.4) is 0 Å². The van der Waals surface area contributed by atoms with E-state index >= 15 is 0 Å². The molecule has 0 saturated heterocycles. The highest BCUT2D eigenvalue weighted by molar-refractivity contribution is 5.83. The summed E-state index contributed by atoms with van der Waals surface area (Å²) < 4.78 is 1.77. The first kappa shape index (κ1) is 13.2. The SMILES string of the molecule is CC(C)[C@@H](NC(=O)CCn1ccnc1)C(=O)O. The van der Waals surface area contributed by atoms with Gasteiger partial charge in [-0.25, -0.2) is 9.78 Å². The zero-order chi connectivity index (χ0) is 12.8. The molecule has 0 spiro atoms. The summed E-state index contributed by atoms with van der Waals surface area (Å²) in [6, 6.07) is -0.828. The van der Waals surface area contributed by atoms with Crippen molar-refractivity contribution in [2.75, 3.05) is 0 Å². The molecule has 0 aromatic carbocycles. The number of carboxylic acid groups (broad SMARTS) is 1. The van der Waals surface area contributed by atoms with E-state index in [1.54, 1.807) is 37.1 Å². The Kier molecular flexibility index (Phi) is 4.68. The highest BCUT2D eigenvalue weighted by atomic mass is 16.4. The highest BCUT2D eigenvalue weighted by Gasteiger charge is 2.22. The summed E-state index contributed by atoms with van der Waals surface area (Å²) in [7, 11) is 0. The average Bonchev–Trinajstić information content (AvgIpc) is 2.74. The smallest absolute Gasteiger partial charge is 0.326 e. The van der Waals surface area contributed by atoms with Crippen LogP contribution in [0.25, 0.3) is 0 Å². The van der Waals surface area contributed by atoms with Gasteiger partial charge in [0.15, 0.2) is 0 Å². The van der Waals surface area contributed by atoms with Crippen molar-refractivity contribution in [1.82, 2.24) is 14.9 Å². The Balaban J connectivity index is 2.40. The molecule has 0 fully saturated rings. The number of hydrogen-bond donors (Lipinski definition) is 2. The number of aromatic nitrogens is 2. The molecule has 0 saturated carbocycles. The van der Waals surface area contributed by atoms with Crippen LogP contribution < -0.4 is 5.32 Å². The van der Waals surface area contributed by atoms with E-state index in [9.17, 15) is 9.59 Å². The molecule has 0 aliphatic rings. The number of imidazole rings is 1. The molecule has 6 heteroatoms. The zero-order valence-corrected chi connectivity index (χ0v) is 9.96. The summed E-state index contributed by atoms with van der Waals surface area (Å²) in [6.07, 6.45) is 5.24. The molecule has 17 heavy (non-hydrogen) atoms. The molecule has 0 aliphatic heterocycles. The third-order valence-electron chi connectivity index (χ3n) is 2.41. The van der Waals surface area contributed by atoms with Gasteiger partial charge in [-0.1, -0.05) is 13.8 Å². The fraction of sp³-hybridized carbons (Fsp3) is 0.545. The summed E-state index contributed by atoms with van der Waals surface area (Å²) in [5, 5.41) is 11.4. The average molecular weight is 239 g/mol. The molecular formula is C11H17N3O3. The standard InChI is InChI=1S/C11H17N3O3/c1-8(2)10(11(16)17)13-9(15)3-5-14-6-4-12-7-14/h4,6-8,10H,3,5H2,1-2H3,(H,13,15)(H,16,17)/t10-/m1/s1. The van der Waals surface area contributed by atoms with Crippen molar-refractivity contribution in [1.29, 1.82) is 0 Å². The molecule has 0 unspecified atom stereocenters. The van der Waals surface area contributed by atoms with Crippen LogP contribution in [0, 0.1) is 5.92 Å². The summed E-state index contributed by atoms with van der Waals surface area (Å²) in [4.78, 5) is 26.3. The van der Waals surface area contributed by atoms with Crippen molar-refractivity contribution >= 4 is 11.9 Å². The van der Waals surface area contributed by atoms with E-state index in [1.807, 2.05) is 0 Å². The number of aryl methyl sites for hydroxylation is 1. The van der Waals surface area contributed by atoms with Gasteiger partial charge < -0.3 is 15.0 Å².